The van der Waals surface area contributed by atoms with Crippen molar-refractivity contribution in [1.29, 1.82) is 0 Å². The molecule has 0 aliphatic rings. The first kappa shape index (κ1) is 24.9. The van der Waals surface area contributed by atoms with Crippen molar-refractivity contribution in [1.82, 2.24) is 4.98 Å². The molecule has 3 nitrogen and oxygen atoms in total. The van der Waals surface area contributed by atoms with E-state index in [-0.39, 0.29) is 5.97 Å². The van der Waals surface area contributed by atoms with Crippen molar-refractivity contribution in [2.75, 3.05) is 6.61 Å². The molecular formula is C26H39NO2. The topological polar surface area (TPSA) is 39.2 Å². The van der Waals surface area contributed by atoms with E-state index in [1.54, 1.807) is 18.3 Å². The first-order valence-corrected chi connectivity index (χ1v) is 11.4. The molecule has 0 saturated heterocycles. The number of allylic oxidation sites excluding steroid dienone is 6. The minimum absolute atomic E-state index is 0.278. The fourth-order valence-electron chi connectivity index (χ4n) is 2.92. The summed E-state index contributed by atoms with van der Waals surface area (Å²) in [4.78, 5) is 15.7. The Kier molecular flexibility index (Phi) is 16.4. The summed E-state index contributed by atoms with van der Waals surface area (Å²) in [6, 6.07) is 3.47. The van der Waals surface area contributed by atoms with Gasteiger partial charge in [-0.25, -0.2) is 4.79 Å². The minimum atomic E-state index is -0.278. The van der Waals surface area contributed by atoms with E-state index < -0.39 is 0 Å². The number of aromatic nitrogens is 1. The Balaban J connectivity index is 1.85. The van der Waals surface area contributed by atoms with Crippen LogP contribution in [0.2, 0.25) is 0 Å². The van der Waals surface area contributed by atoms with Crippen LogP contribution in [0.5, 0.6) is 0 Å². The second-order valence-electron chi connectivity index (χ2n) is 7.32. The van der Waals surface area contributed by atoms with E-state index in [1.165, 1.54) is 51.1 Å². The van der Waals surface area contributed by atoms with Crippen LogP contribution in [0, 0.1) is 0 Å². The number of nitrogens with zero attached hydrogens (tertiary/aromatic N) is 1. The Bertz CT molecular complexity index is 590. The third-order valence-electron chi connectivity index (χ3n) is 4.66. The molecule has 1 aromatic rings. The van der Waals surface area contributed by atoms with Gasteiger partial charge in [0.05, 0.1) is 12.2 Å². The monoisotopic (exact) mass is 397 g/mol. The summed E-state index contributed by atoms with van der Waals surface area (Å²) >= 11 is 0. The highest BCUT2D eigenvalue weighted by Gasteiger charge is 2.05. The van der Waals surface area contributed by atoms with Gasteiger partial charge in [-0.15, -0.1) is 0 Å². The molecule has 1 heterocycles. The second kappa shape index (κ2) is 19.2. The maximum absolute atomic E-state index is 11.7. The highest BCUT2D eigenvalue weighted by Crippen LogP contribution is 2.07. The average molecular weight is 398 g/mol. The van der Waals surface area contributed by atoms with Gasteiger partial charge in [-0.3, -0.25) is 4.98 Å². The molecule has 0 radical (unpaired) electrons. The third-order valence-corrected chi connectivity index (χ3v) is 4.66. The lowest BCUT2D eigenvalue weighted by Crippen LogP contribution is -2.06. The standard InChI is InChI=1S/C26H39NO2/c1-2-3-4-5-6-7-8-9-10-11-12-13-14-15-16-17-18-19-23-29-26(28)25-21-20-22-27-24-25/h6-7,9-10,12-13,20-22,24H,2-5,8,11,14-19,23H2,1H3/b7-6?,10-9?,13-12-. The van der Waals surface area contributed by atoms with Gasteiger partial charge in [0.15, 0.2) is 0 Å². The molecule has 1 rings (SSSR count). The Morgan fingerprint density at radius 2 is 1.48 bits per heavy atom. The summed E-state index contributed by atoms with van der Waals surface area (Å²) < 4.78 is 5.26. The molecule has 3 heteroatoms. The molecule has 0 bridgehead atoms. The first-order chi connectivity index (χ1) is 14.3. The highest BCUT2D eigenvalue weighted by molar-refractivity contribution is 5.88. The van der Waals surface area contributed by atoms with Crippen molar-refractivity contribution in [2.24, 2.45) is 0 Å². The number of hydrogen-bond donors (Lipinski definition) is 0. The normalized spacial score (nSPS) is 11.8. The fraction of sp³-hybridized carbons (Fsp3) is 0.538. The molecule has 0 amide bonds. The number of pyridine rings is 1. The minimum Gasteiger partial charge on any atom is -0.462 e. The van der Waals surface area contributed by atoms with Crippen LogP contribution in [0.1, 0.15) is 94.3 Å². The molecule has 0 aliphatic heterocycles. The molecule has 0 saturated carbocycles. The van der Waals surface area contributed by atoms with Crippen LogP contribution >= 0.6 is 0 Å². The van der Waals surface area contributed by atoms with Gasteiger partial charge in [0.2, 0.25) is 0 Å². The van der Waals surface area contributed by atoms with Gasteiger partial charge in [-0.2, -0.15) is 0 Å². The van der Waals surface area contributed by atoms with Gasteiger partial charge in [-0.1, -0.05) is 75.5 Å². The van der Waals surface area contributed by atoms with Crippen LogP contribution in [0.3, 0.4) is 0 Å². The zero-order chi connectivity index (χ0) is 20.8. The molecule has 0 aliphatic carbocycles. The van der Waals surface area contributed by atoms with E-state index in [0.717, 1.165) is 32.1 Å². The Morgan fingerprint density at radius 3 is 2.14 bits per heavy atom. The molecule has 160 valence electrons. The van der Waals surface area contributed by atoms with E-state index in [0.29, 0.717) is 12.2 Å². The van der Waals surface area contributed by atoms with Crippen molar-refractivity contribution >= 4 is 5.97 Å². The fourth-order valence-corrected chi connectivity index (χ4v) is 2.92. The van der Waals surface area contributed by atoms with Gasteiger partial charge < -0.3 is 4.74 Å². The Hall–Kier alpha value is -2.16. The quantitative estimate of drug-likeness (QED) is 0.154. The number of carbonyl (C=O) groups excluding carboxylic acids is 1. The SMILES string of the molecule is CCCCCC=CCC=CC/C=C\CCCCCCCOC(=O)c1cccnc1. The van der Waals surface area contributed by atoms with Crippen LogP contribution in [-0.4, -0.2) is 17.6 Å². The van der Waals surface area contributed by atoms with E-state index in [1.807, 2.05) is 0 Å². The average Bonchev–Trinajstić information content (AvgIpc) is 2.75. The molecule has 0 N–H and O–H groups in total. The van der Waals surface area contributed by atoms with Gasteiger partial charge in [-0.05, 0) is 57.1 Å². The van der Waals surface area contributed by atoms with Crippen molar-refractivity contribution in [2.45, 2.75) is 84.0 Å². The lowest BCUT2D eigenvalue weighted by atomic mass is 10.1. The van der Waals surface area contributed by atoms with Crippen molar-refractivity contribution in [3.8, 4) is 0 Å². The first-order valence-electron chi connectivity index (χ1n) is 11.4. The summed E-state index contributed by atoms with van der Waals surface area (Å²) in [5.41, 5.74) is 0.521. The number of unbranched alkanes of at least 4 members (excludes halogenated alkanes) is 8. The summed E-state index contributed by atoms with van der Waals surface area (Å²) in [6.07, 6.45) is 30.9. The van der Waals surface area contributed by atoms with Crippen LogP contribution in [0.15, 0.2) is 61.0 Å². The molecule has 0 unspecified atom stereocenters. The largest absolute Gasteiger partial charge is 0.462 e. The van der Waals surface area contributed by atoms with Gasteiger partial charge in [0, 0.05) is 12.4 Å². The maximum Gasteiger partial charge on any atom is 0.339 e. The summed E-state index contributed by atoms with van der Waals surface area (Å²) in [6.45, 7) is 2.74. The Morgan fingerprint density at radius 1 is 0.862 bits per heavy atom. The van der Waals surface area contributed by atoms with Crippen molar-refractivity contribution in [3.05, 3.63) is 66.5 Å². The second-order valence-corrected chi connectivity index (χ2v) is 7.32. The number of hydrogen-bond acceptors (Lipinski definition) is 3. The van der Waals surface area contributed by atoms with E-state index in [2.05, 4.69) is 48.4 Å². The predicted molar refractivity (Wildman–Crippen MR) is 123 cm³/mol. The van der Waals surface area contributed by atoms with Crippen molar-refractivity contribution < 1.29 is 9.53 Å². The van der Waals surface area contributed by atoms with E-state index in [9.17, 15) is 4.79 Å². The maximum atomic E-state index is 11.7. The third kappa shape index (κ3) is 15.4. The van der Waals surface area contributed by atoms with Crippen LogP contribution in [0.4, 0.5) is 0 Å². The molecule has 0 atom stereocenters. The van der Waals surface area contributed by atoms with Gasteiger partial charge >= 0.3 is 5.97 Å². The Labute approximate surface area is 178 Å². The number of rotatable bonds is 17. The summed E-state index contributed by atoms with van der Waals surface area (Å²) in [7, 11) is 0. The molecule has 1 aromatic heterocycles. The summed E-state index contributed by atoms with van der Waals surface area (Å²) in [5.74, 6) is -0.278. The molecule has 0 spiro atoms. The van der Waals surface area contributed by atoms with Gasteiger partial charge in [0.1, 0.15) is 0 Å². The molecular weight excluding hydrogens is 358 g/mol. The highest BCUT2D eigenvalue weighted by atomic mass is 16.5. The zero-order valence-corrected chi connectivity index (χ0v) is 18.2. The molecule has 29 heavy (non-hydrogen) atoms. The van der Waals surface area contributed by atoms with Crippen LogP contribution < -0.4 is 0 Å². The molecule has 0 fully saturated rings. The van der Waals surface area contributed by atoms with Crippen LogP contribution in [0.25, 0.3) is 0 Å². The van der Waals surface area contributed by atoms with E-state index >= 15 is 0 Å². The molecule has 0 aromatic carbocycles. The number of carbonyl (C=O) groups is 1. The van der Waals surface area contributed by atoms with Crippen LogP contribution in [-0.2, 0) is 4.74 Å². The predicted octanol–water partition coefficient (Wildman–Crippen LogP) is 7.61. The summed E-state index contributed by atoms with van der Waals surface area (Å²) in [5, 5.41) is 0. The number of ether oxygens (including phenoxy) is 1. The number of esters is 1. The lowest BCUT2D eigenvalue weighted by molar-refractivity contribution is 0.0497. The lowest BCUT2D eigenvalue weighted by Gasteiger charge is -2.04. The van der Waals surface area contributed by atoms with Crippen molar-refractivity contribution in [3.63, 3.8) is 0 Å². The van der Waals surface area contributed by atoms with E-state index in [4.69, 9.17) is 4.74 Å². The zero-order valence-electron chi connectivity index (χ0n) is 18.2. The van der Waals surface area contributed by atoms with Gasteiger partial charge in [0.25, 0.3) is 0 Å². The smallest absolute Gasteiger partial charge is 0.339 e.